The van der Waals surface area contributed by atoms with Gasteiger partial charge in [0.15, 0.2) is 0 Å². The Morgan fingerprint density at radius 2 is 2.05 bits per heavy atom. The van der Waals surface area contributed by atoms with Crippen molar-refractivity contribution in [2.75, 3.05) is 19.6 Å². The van der Waals surface area contributed by atoms with E-state index in [1.807, 2.05) is 19.1 Å². The van der Waals surface area contributed by atoms with Gasteiger partial charge in [-0.05, 0) is 63.0 Å². The van der Waals surface area contributed by atoms with Crippen molar-refractivity contribution in [3.8, 4) is 0 Å². The molecule has 0 radical (unpaired) electrons. The van der Waals surface area contributed by atoms with E-state index in [2.05, 4.69) is 17.1 Å². The summed E-state index contributed by atoms with van der Waals surface area (Å²) in [6.07, 6.45) is 4.04. The zero-order chi connectivity index (χ0) is 15.2. The molecule has 3 N–H and O–H groups in total. The quantitative estimate of drug-likeness (QED) is 0.843. The molecule has 4 heteroatoms. The Labute approximate surface area is 127 Å². The highest BCUT2D eigenvalue weighted by Gasteiger charge is 2.16. The van der Waals surface area contributed by atoms with Gasteiger partial charge in [0.1, 0.15) is 0 Å². The molecule has 1 aromatic rings. The average Bonchev–Trinajstić information content (AvgIpc) is 2.49. The summed E-state index contributed by atoms with van der Waals surface area (Å²) in [6, 6.07) is 6.25. The van der Waals surface area contributed by atoms with Crippen molar-refractivity contribution in [1.29, 1.82) is 0 Å². The van der Waals surface area contributed by atoms with Crippen LogP contribution in [0.2, 0.25) is 0 Å². The van der Waals surface area contributed by atoms with Crippen LogP contribution >= 0.6 is 0 Å². The van der Waals surface area contributed by atoms with E-state index in [1.54, 1.807) is 6.07 Å². The lowest BCUT2D eigenvalue weighted by atomic mass is 10.0. The van der Waals surface area contributed by atoms with Crippen LogP contribution in [0.4, 0.5) is 0 Å². The summed E-state index contributed by atoms with van der Waals surface area (Å²) in [5.74, 6) is -0.365. The molecule has 0 bridgehead atoms. The Morgan fingerprint density at radius 3 is 2.67 bits per heavy atom. The van der Waals surface area contributed by atoms with Crippen molar-refractivity contribution in [2.45, 2.75) is 45.7 Å². The van der Waals surface area contributed by atoms with Crippen LogP contribution in [0.1, 0.15) is 47.7 Å². The molecule has 0 aromatic heterocycles. The van der Waals surface area contributed by atoms with Gasteiger partial charge in [-0.1, -0.05) is 12.5 Å². The van der Waals surface area contributed by atoms with E-state index < -0.39 is 0 Å². The fourth-order valence-corrected chi connectivity index (χ4v) is 2.95. The van der Waals surface area contributed by atoms with E-state index in [0.29, 0.717) is 11.6 Å². The Morgan fingerprint density at radius 1 is 1.33 bits per heavy atom. The largest absolute Gasteiger partial charge is 0.366 e. The summed E-state index contributed by atoms with van der Waals surface area (Å²) >= 11 is 0. The number of nitrogens with two attached hydrogens (primary N) is 1. The standard InChI is InChI=1S/C17H27N3O/c1-13-10-15(17(18)21)6-7-16(13)12-19-11-14(2)20-8-4-3-5-9-20/h6-7,10,14,19H,3-5,8-9,11-12H2,1-2H3,(H2,18,21). The van der Waals surface area contributed by atoms with Crippen LogP contribution in [0.25, 0.3) is 0 Å². The molecule has 1 atom stereocenters. The van der Waals surface area contributed by atoms with Crippen molar-refractivity contribution < 1.29 is 4.79 Å². The van der Waals surface area contributed by atoms with Gasteiger partial charge in [0.25, 0.3) is 0 Å². The van der Waals surface area contributed by atoms with Crippen LogP contribution in [-0.4, -0.2) is 36.5 Å². The van der Waals surface area contributed by atoms with Gasteiger partial charge in [-0.25, -0.2) is 0 Å². The molecule has 1 amide bonds. The number of aryl methyl sites for hydroxylation is 1. The van der Waals surface area contributed by atoms with Crippen LogP contribution in [0, 0.1) is 6.92 Å². The highest BCUT2D eigenvalue weighted by atomic mass is 16.1. The zero-order valence-electron chi connectivity index (χ0n) is 13.2. The van der Waals surface area contributed by atoms with Gasteiger partial charge >= 0.3 is 0 Å². The minimum atomic E-state index is -0.365. The Balaban J connectivity index is 1.81. The lowest BCUT2D eigenvalue weighted by Gasteiger charge is -2.32. The van der Waals surface area contributed by atoms with E-state index in [9.17, 15) is 4.79 Å². The van der Waals surface area contributed by atoms with Gasteiger partial charge in [0.05, 0.1) is 0 Å². The Hall–Kier alpha value is -1.39. The maximum atomic E-state index is 11.1. The molecule has 21 heavy (non-hydrogen) atoms. The molecule has 2 rings (SSSR count). The highest BCUT2D eigenvalue weighted by Crippen LogP contribution is 2.13. The fourth-order valence-electron chi connectivity index (χ4n) is 2.95. The van der Waals surface area contributed by atoms with Crippen LogP contribution in [0.15, 0.2) is 18.2 Å². The van der Waals surface area contributed by atoms with Crippen molar-refractivity contribution in [2.24, 2.45) is 5.73 Å². The molecular weight excluding hydrogens is 262 g/mol. The number of amides is 1. The summed E-state index contributed by atoms with van der Waals surface area (Å²) < 4.78 is 0. The first-order valence-electron chi connectivity index (χ1n) is 7.92. The minimum Gasteiger partial charge on any atom is -0.366 e. The molecule has 1 heterocycles. The molecule has 4 nitrogen and oxygen atoms in total. The molecule has 1 aliphatic heterocycles. The molecule has 1 saturated heterocycles. The topological polar surface area (TPSA) is 58.4 Å². The van der Waals surface area contributed by atoms with Gasteiger partial charge in [0, 0.05) is 24.7 Å². The first kappa shape index (κ1) is 16.0. The number of hydrogen-bond donors (Lipinski definition) is 2. The number of carbonyl (C=O) groups is 1. The molecule has 1 aromatic carbocycles. The number of carbonyl (C=O) groups excluding carboxylic acids is 1. The summed E-state index contributed by atoms with van der Waals surface area (Å²) in [5.41, 5.74) is 8.22. The van der Waals surface area contributed by atoms with Gasteiger partial charge in [0.2, 0.25) is 5.91 Å². The number of nitrogens with zero attached hydrogens (tertiary/aromatic N) is 1. The van der Waals surface area contributed by atoms with Crippen LogP contribution in [0.3, 0.4) is 0 Å². The summed E-state index contributed by atoms with van der Waals surface area (Å²) in [6.45, 7) is 8.61. The number of rotatable bonds is 6. The van der Waals surface area contributed by atoms with E-state index >= 15 is 0 Å². The maximum absolute atomic E-state index is 11.1. The molecule has 0 saturated carbocycles. The minimum absolute atomic E-state index is 0.365. The van der Waals surface area contributed by atoms with E-state index in [1.165, 1.54) is 37.9 Å². The first-order valence-corrected chi connectivity index (χ1v) is 7.92. The van der Waals surface area contributed by atoms with Gasteiger partial charge in [-0.15, -0.1) is 0 Å². The maximum Gasteiger partial charge on any atom is 0.248 e. The first-order chi connectivity index (χ1) is 10.1. The Kier molecular flexibility index (Phi) is 5.76. The second kappa shape index (κ2) is 7.57. The predicted octanol–water partition coefficient (Wildman–Crippen LogP) is 2.06. The number of nitrogens with one attached hydrogen (secondary N) is 1. The molecule has 1 aliphatic rings. The second-order valence-corrected chi connectivity index (χ2v) is 6.08. The smallest absolute Gasteiger partial charge is 0.248 e. The second-order valence-electron chi connectivity index (χ2n) is 6.08. The summed E-state index contributed by atoms with van der Waals surface area (Å²) in [7, 11) is 0. The average molecular weight is 289 g/mol. The van der Waals surface area contributed by atoms with E-state index in [-0.39, 0.29) is 5.91 Å². The van der Waals surface area contributed by atoms with Crippen LogP contribution < -0.4 is 11.1 Å². The molecule has 1 unspecified atom stereocenters. The molecule has 0 aliphatic carbocycles. The van der Waals surface area contributed by atoms with Gasteiger partial charge in [-0.2, -0.15) is 0 Å². The number of likely N-dealkylation sites (tertiary alicyclic amines) is 1. The molecular formula is C17H27N3O. The van der Waals surface area contributed by atoms with Crippen LogP contribution in [-0.2, 0) is 6.54 Å². The third-order valence-corrected chi connectivity index (χ3v) is 4.40. The number of primary amides is 1. The number of piperidine rings is 1. The zero-order valence-corrected chi connectivity index (χ0v) is 13.2. The lowest BCUT2D eigenvalue weighted by Crippen LogP contribution is -2.43. The van der Waals surface area contributed by atoms with E-state index in [0.717, 1.165) is 18.7 Å². The normalized spacial score (nSPS) is 17.6. The van der Waals surface area contributed by atoms with Crippen molar-refractivity contribution in [1.82, 2.24) is 10.2 Å². The van der Waals surface area contributed by atoms with Crippen LogP contribution in [0.5, 0.6) is 0 Å². The third-order valence-electron chi connectivity index (χ3n) is 4.40. The highest BCUT2D eigenvalue weighted by molar-refractivity contribution is 5.93. The predicted molar refractivity (Wildman–Crippen MR) is 86.3 cm³/mol. The van der Waals surface area contributed by atoms with Gasteiger partial charge < -0.3 is 11.1 Å². The van der Waals surface area contributed by atoms with Crippen molar-refractivity contribution in [3.63, 3.8) is 0 Å². The number of hydrogen-bond acceptors (Lipinski definition) is 3. The molecule has 0 spiro atoms. The monoisotopic (exact) mass is 289 g/mol. The summed E-state index contributed by atoms with van der Waals surface area (Å²) in [5, 5.41) is 3.53. The molecule has 1 fully saturated rings. The SMILES string of the molecule is Cc1cc(C(N)=O)ccc1CNCC(C)N1CCCCC1. The van der Waals surface area contributed by atoms with Gasteiger partial charge in [-0.3, -0.25) is 9.69 Å². The van der Waals surface area contributed by atoms with E-state index in [4.69, 9.17) is 5.73 Å². The molecule has 116 valence electrons. The van der Waals surface area contributed by atoms with Crippen molar-refractivity contribution >= 4 is 5.91 Å². The Bertz CT molecular complexity index is 481. The van der Waals surface area contributed by atoms with Crippen molar-refractivity contribution in [3.05, 3.63) is 34.9 Å². The lowest BCUT2D eigenvalue weighted by molar-refractivity contribution is 0.1000. The third kappa shape index (κ3) is 4.55. The fraction of sp³-hybridized carbons (Fsp3) is 0.588. The number of benzene rings is 1. The summed E-state index contributed by atoms with van der Waals surface area (Å²) in [4.78, 5) is 13.7.